The molecular weight excluding hydrogens is 174 g/mol. The molecule has 0 aliphatic carbocycles. The summed E-state index contributed by atoms with van der Waals surface area (Å²) < 4.78 is 0. The second-order valence-electron chi connectivity index (χ2n) is 2.68. The summed E-state index contributed by atoms with van der Waals surface area (Å²) in [6.07, 6.45) is 10.2. The molecule has 0 saturated carbocycles. The van der Waals surface area contributed by atoms with E-state index in [-0.39, 0.29) is 18.2 Å². The van der Waals surface area contributed by atoms with E-state index in [2.05, 4.69) is 4.90 Å². The van der Waals surface area contributed by atoms with Crippen molar-refractivity contribution in [2.45, 2.75) is 6.42 Å². The average Bonchev–Trinajstić information content (AvgIpc) is 2.04. The third-order valence-corrected chi connectivity index (χ3v) is 1.88. The molecule has 2 rings (SSSR count). The Labute approximate surface area is 77.7 Å². The highest BCUT2D eigenvalue weighted by atomic mass is 35.5. The first-order valence-electron chi connectivity index (χ1n) is 3.72. The van der Waals surface area contributed by atoms with Crippen molar-refractivity contribution in [2.24, 2.45) is 0 Å². The Morgan fingerprint density at radius 3 is 3.00 bits per heavy atom. The molecule has 2 aliphatic heterocycles. The molecule has 0 atom stereocenters. The van der Waals surface area contributed by atoms with Gasteiger partial charge in [-0.15, -0.1) is 12.4 Å². The topological polar surface area (TPSA) is 20.3 Å². The van der Waals surface area contributed by atoms with E-state index in [1.165, 1.54) is 0 Å². The van der Waals surface area contributed by atoms with Gasteiger partial charge in [0.2, 0.25) is 0 Å². The van der Waals surface area contributed by atoms with Gasteiger partial charge in [-0.05, 0) is 12.2 Å². The summed E-state index contributed by atoms with van der Waals surface area (Å²) in [6.45, 7) is 0.825. The maximum Gasteiger partial charge on any atom is 0.159 e. The van der Waals surface area contributed by atoms with Gasteiger partial charge in [0.1, 0.15) is 0 Å². The maximum atomic E-state index is 11.0. The minimum Gasteiger partial charge on any atom is -0.347 e. The van der Waals surface area contributed by atoms with E-state index in [0.29, 0.717) is 6.42 Å². The number of hydrogen-bond acceptors (Lipinski definition) is 2. The van der Waals surface area contributed by atoms with Crippen molar-refractivity contribution in [3.63, 3.8) is 0 Å². The zero-order chi connectivity index (χ0) is 7.68. The molecular formula is C9H10ClNO. The molecule has 0 fully saturated rings. The average molecular weight is 184 g/mol. The molecule has 2 aliphatic rings. The van der Waals surface area contributed by atoms with Crippen LogP contribution in [0.1, 0.15) is 6.42 Å². The van der Waals surface area contributed by atoms with Gasteiger partial charge in [-0.3, -0.25) is 4.79 Å². The lowest BCUT2D eigenvalue weighted by Crippen LogP contribution is -2.25. The quantitative estimate of drug-likeness (QED) is 0.569. The van der Waals surface area contributed by atoms with Crippen LogP contribution in [-0.4, -0.2) is 17.2 Å². The fourth-order valence-corrected chi connectivity index (χ4v) is 1.29. The maximum absolute atomic E-state index is 11.0. The van der Waals surface area contributed by atoms with Crippen LogP contribution in [0.3, 0.4) is 0 Å². The van der Waals surface area contributed by atoms with Crippen LogP contribution in [-0.2, 0) is 4.79 Å². The highest BCUT2D eigenvalue weighted by Gasteiger charge is 2.14. The zero-order valence-electron chi connectivity index (χ0n) is 6.56. The monoisotopic (exact) mass is 183 g/mol. The third-order valence-electron chi connectivity index (χ3n) is 1.88. The van der Waals surface area contributed by atoms with E-state index < -0.39 is 0 Å². The number of carbonyl (C=O) groups excluding carboxylic acids is 1. The van der Waals surface area contributed by atoms with E-state index >= 15 is 0 Å². The SMILES string of the molecule is Cl.O=C1C=C2C=CC=CN2CC1. The van der Waals surface area contributed by atoms with Crippen LogP contribution < -0.4 is 0 Å². The van der Waals surface area contributed by atoms with Gasteiger partial charge in [-0.25, -0.2) is 0 Å². The van der Waals surface area contributed by atoms with Gasteiger partial charge in [0.25, 0.3) is 0 Å². The van der Waals surface area contributed by atoms with Gasteiger partial charge in [0.05, 0.1) is 0 Å². The molecule has 0 unspecified atom stereocenters. The Morgan fingerprint density at radius 1 is 1.33 bits per heavy atom. The molecule has 0 bridgehead atoms. The van der Waals surface area contributed by atoms with Crippen LogP contribution in [0.2, 0.25) is 0 Å². The van der Waals surface area contributed by atoms with Crippen molar-refractivity contribution in [2.75, 3.05) is 6.54 Å². The van der Waals surface area contributed by atoms with E-state index in [1.807, 2.05) is 24.4 Å². The van der Waals surface area contributed by atoms with E-state index in [1.54, 1.807) is 6.08 Å². The lowest BCUT2D eigenvalue weighted by molar-refractivity contribution is -0.115. The highest BCUT2D eigenvalue weighted by molar-refractivity contribution is 5.91. The molecule has 2 heterocycles. The molecule has 64 valence electrons. The summed E-state index contributed by atoms with van der Waals surface area (Å²) in [7, 11) is 0. The van der Waals surface area contributed by atoms with Crippen LogP contribution >= 0.6 is 12.4 Å². The van der Waals surface area contributed by atoms with Crippen LogP contribution in [0.25, 0.3) is 0 Å². The molecule has 0 N–H and O–H groups in total. The van der Waals surface area contributed by atoms with Crippen LogP contribution in [0.4, 0.5) is 0 Å². The largest absolute Gasteiger partial charge is 0.347 e. The number of halogens is 1. The van der Waals surface area contributed by atoms with Crippen LogP contribution in [0.5, 0.6) is 0 Å². The molecule has 0 amide bonds. The van der Waals surface area contributed by atoms with Crippen molar-refractivity contribution in [1.29, 1.82) is 0 Å². The highest BCUT2D eigenvalue weighted by Crippen LogP contribution is 2.16. The molecule has 0 aromatic carbocycles. The summed E-state index contributed by atoms with van der Waals surface area (Å²) in [5, 5.41) is 0. The summed E-state index contributed by atoms with van der Waals surface area (Å²) >= 11 is 0. The minimum absolute atomic E-state index is 0. The Morgan fingerprint density at radius 2 is 2.17 bits per heavy atom. The van der Waals surface area contributed by atoms with Gasteiger partial charge in [0.15, 0.2) is 5.78 Å². The number of rotatable bonds is 0. The van der Waals surface area contributed by atoms with Gasteiger partial charge in [-0.1, -0.05) is 6.08 Å². The van der Waals surface area contributed by atoms with E-state index in [4.69, 9.17) is 0 Å². The van der Waals surface area contributed by atoms with Gasteiger partial charge in [-0.2, -0.15) is 0 Å². The van der Waals surface area contributed by atoms with Crippen molar-refractivity contribution >= 4 is 18.2 Å². The summed E-state index contributed by atoms with van der Waals surface area (Å²) in [5.41, 5.74) is 1.02. The molecule has 12 heavy (non-hydrogen) atoms. The molecule has 0 aromatic rings. The van der Waals surface area contributed by atoms with Gasteiger partial charge < -0.3 is 4.90 Å². The molecule has 2 nitrogen and oxygen atoms in total. The Kier molecular flexibility index (Phi) is 2.71. The predicted octanol–water partition coefficient (Wildman–Crippen LogP) is 1.65. The number of allylic oxidation sites excluding steroid dienone is 4. The van der Waals surface area contributed by atoms with E-state index in [9.17, 15) is 4.79 Å². The molecule has 0 spiro atoms. The van der Waals surface area contributed by atoms with Crippen LogP contribution in [0, 0.1) is 0 Å². The molecule has 0 saturated heterocycles. The first-order chi connectivity index (χ1) is 5.36. The molecule has 0 radical (unpaired) electrons. The second-order valence-corrected chi connectivity index (χ2v) is 2.68. The standard InChI is InChI=1S/C9H9NO.ClH/c11-9-4-6-10-5-2-1-3-8(10)7-9;/h1-3,5,7H,4,6H2;1H. The van der Waals surface area contributed by atoms with Crippen molar-refractivity contribution in [1.82, 2.24) is 4.90 Å². The van der Waals surface area contributed by atoms with Gasteiger partial charge in [0, 0.05) is 30.9 Å². The normalized spacial score (nSPS) is 19.8. The summed E-state index contributed by atoms with van der Waals surface area (Å²) in [6, 6.07) is 0. The first kappa shape index (κ1) is 9.07. The summed E-state index contributed by atoms with van der Waals surface area (Å²) in [4.78, 5) is 13.0. The van der Waals surface area contributed by atoms with Crippen LogP contribution in [0.15, 0.2) is 36.2 Å². The second kappa shape index (κ2) is 3.59. The van der Waals surface area contributed by atoms with Crippen molar-refractivity contribution in [3.05, 3.63) is 36.2 Å². The Balaban J connectivity index is 0.000000720. The summed E-state index contributed by atoms with van der Waals surface area (Å²) in [5.74, 6) is 0.233. The number of nitrogens with zero attached hydrogens (tertiary/aromatic N) is 1. The Hall–Kier alpha value is -1.02. The molecule has 3 heteroatoms. The lowest BCUT2D eigenvalue weighted by Gasteiger charge is -2.26. The fraction of sp³-hybridized carbons (Fsp3) is 0.222. The Bertz CT molecular complexity index is 278. The lowest BCUT2D eigenvalue weighted by atomic mass is 10.1. The number of fused-ring (bicyclic) bond motifs is 1. The number of ketones is 1. The predicted molar refractivity (Wildman–Crippen MR) is 49.9 cm³/mol. The third kappa shape index (κ3) is 1.59. The zero-order valence-corrected chi connectivity index (χ0v) is 7.38. The fourth-order valence-electron chi connectivity index (χ4n) is 1.29. The van der Waals surface area contributed by atoms with Crippen molar-refractivity contribution in [3.8, 4) is 0 Å². The van der Waals surface area contributed by atoms with Crippen molar-refractivity contribution < 1.29 is 4.79 Å². The smallest absolute Gasteiger partial charge is 0.159 e. The van der Waals surface area contributed by atoms with E-state index in [0.717, 1.165) is 12.2 Å². The number of carbonyl (C=O) groups is 1. The van der Waals surface area contributed by atoms with Gasteiger partial charge >= 0.3 is 0 Å². The number of hydrogen-bond donors (Lipinski definition) is 0. The molecule has 0 aromatic heterocycles. The minimum atomic E-state index is 0. The first-order valence-corrected chi connectivity index (χ1v) is 3.72.